The molecule has 0 bridgehead atoms. The van der Waals surface area contributed by atoms with Crippen LogP contribution in [-0.4, -0.2) is 24.1 Å². The Balaban J connectivity index is 1.49. The number of hydrogen-bond donors (Lipinski definition) is 2. The molecule has 1 saturated carbocycles. The summed E-state index contributed by atoms with van der Waals surface area (Å²) >= 11 is 12.2. The fourth-order valence-corrected chi connectivity index (χ4v) is 2.68. The van der Waals surface area contributed by atoms with Crippen molar-refractivity contribution in [1.29, 1.82) is 0 Å². The molecular formula is C19H17Cl2N3O3. The van der Waals surface area contributed by atoms with Gasteiger partial charge in [0.25, 0.3) is 0 Å². The van der Waals surface area contributed by atoms with Gasteiger partial charge in [-0.25, -0.2) is 5.43 Å². The summed E-state index contributed by atoms with van der Waals surface area (Å²) in [7, 11) is 0. The van der Waals surface area contributed by atoms with Gasteiger partial charge in [-0.2, -0.15) is 5.10 Å². The Morgan fingerprint density at radius 1 is 1.07 bits per heavy atom. The molecule has 2 N–H and O–H groups in total. The molecule has 2 aromatic rings. The molecule has 1 fully saturated rings. The zero-order valence-corrected chi connectivity index (χ0v) is 15.8. The molecule has 0 radical (unpaired) electrons. The summed E-state index contributed by atoms with van der Waals surface area (Å²) < 4.78 is 5.69. The van der Waals surface area contributed by atoms with Crippen molar-refractivity contribution in [3.05, 3.63) is 63.6 Å². The molecule has 0 unspecified atom stereocenters. The minimum atomic E-state index is -0.783. The molecular weight excluding hydrogens is 389 g/mol. The second-order valence-electron chi connectivity index (χ2n) is 6.00. The number of nitrogens with one attached hydrogen (secondary N) is 2. The number of carbonyl (C=O) groups is 2. The van der Waals surface area contributed by atoms with Crippen molar-refractivity contribution in [2.45, 2.75) is 25.5 Å². The van der Waals surface area contributed by atoms with Crippen molar-refractivity contribution in [3.8, 4) is 5.75 Å². The van der Waals surface area contributed by atoms with E-state index in [1.807, 2.05) is 0 Å². The molecule has 0 atom stereocenters. The molecule has 140 valence electrons. The first kappa shape index (κ1) is 19.2. The highest BCUT2D eigenvalue weighted by Gasteiger charge is 2.26. The number of hydrogen-bond acceptors (Lipinski definition) is 4. The maximum Gasteiger partial charge on any atom is 0.329 e. The van der Waals surface area contributed by atoms with E-state index in [1.54, 1.807) is 42.5 Å². The number of amides is 2. The van der Waals surface area contributed by atoms with Crippen molar-refractivity contribution in [3.63, 3.8) is 0 Å². The second kappa shape index (κ2) is 8.88. The lowest BCUT2D eigenvalue weighted by atomic mass is 10.2. The highest BCUT2D eigenvalue weighted by Crippen LogP contribution is 2.25. The SMILES string of the molecule is O=C(N/N=C\c1ccc(OCc2c(Cl)cccc2Cl)cc1)C(=O)NC1CC1. The Hall–Kier alpha value is -2.57. The monoisotopic (exact) mass is 405 g/mol. The van der Waals surface area contributed by atoms with Crippen LogP contribution in [0.25, 0.3) is 0 Å². The van der Waals surface area contributed by atoms with Crippen molar-refractivity contribution < 1.29 is 14.3 Å². The number of benzene rings is 2. The highest BCUT2D eigenvalue weighted by atomic mass is 35.5. The van der Waals surface area contributed by atoms with E-state index in [9.17, 15) is 9.59 Å². The normalized spacial score (nSPS) is 13.4. The average molecular weight is 406 g/mol. The van der Waals surface area contributed by atoms with Crippen LogP contribution in [-0.2, 0) is 16.2 Å². The van der Waals surface area contributed by atoms with Gasteiger partial charge in [-0.1, -0.05) is 29.3 Å². The first-order valence-corrected chi connectivity index (χ1v) is 9.08. The van der Waals surface area contributed by atoms with E-state index in [1.165, 1.54) is 6.21 Å². The van der Waals surface area contributed by atoms with Crippen LogP contribution < -0.4 is 15.5 Å². The third-order valence-corrected chi connectivity index (χ3v) is 4.53. The Morgan fingerprint density at radius 3 is 2.37 bits per heavy atom. The third kappa shape index (κ3) is 5.70. The lowest BCUT2D eigenvalue weighted by molar-refractivity contribution is -0.139. The summed E-state index contributed by atoms with van der Waals surface area (Å²) in [6, 6.07) is 12.5. The number of carbonyl (C=O) groups excluding carboxylic acids is 2. The predicted molar refractivity (Wildman–Crippen MR) is 104 cm³/mol. The number of ether oxygens (including phenoxy) is 1. The predicted octanol–water partition coefficient (Wildman–Crippen LogP) is 3.30. The fraction of sp³-hybridized carbons (Fsp3) is 0.211. The van der Waals surface area contributed by atoms with E-state index < -0.39 is 11.8 Å². The number of hydrazone groups is 1. The Kier molecular flexibility index (Phi) is 6.32. The van der Waals surface area contributed by atoms with Crippen LogP contribution in [0.5, 0.6) is 5.75 Å². The molecule has 0 aliphatic heterocycles. The summed E-state index contributed by atoms with van der Waals surface area (Å²) in [4.78, 5) is 23.0. The van der Waals surface area contributed by atoms with Gasteiger partial charge in [-0.05, 0) is 54.8 Å². The Bertz CT molecular complexity index is 845. The minimum absolute atomic E-state index is 0.125. The molecule has 0 spiro atoms. The zero-order chi connectivity index (χ0) is 19.2. The average Bonchev–Trinajstić information content (AvgIpc) is 3.46. The van der Waals surface area contributed by atoms with Crippen molar-refractivity contribution in [1.82, 2.24) is 10.7 Å². The topological polar surface area (TPSA) is 79.8 Å². The van der Waals surface area contributed by atoms with E-state index in [0.29, 0.717) is 15.8 Å². The first-order valence-electron chi connectivity index (χ1n) is 8.32. The summed E-state index contributed by atoms with van der Waals surface area (Å²) in [5.41, 5.74) is 3.65. The molecule has 1 aliphatic rings. The molecule has 27 heavy (non-hydrogen) atoms. The van der Waals surface area contributed by atoms with Gasteiger partial charge in [-0.15, -0.1) is 0 Å². The molecule has 2 aromatic carbocycles. The second-order valence-corrected chi connectivity index (χ2v) is 6.82. The molecule has 0 aromatic heterocycles. The molecule has 1 aliphatic carbocycles. The highest BCUT2D eigenvalue weighted by molar-refractivity contribution is 6.36. The van der Waals surface area contributed by atoms with Gasteiger partial charge in [0.05, 0.1) is 6.21 Å². The van der Waals surface area contributed by atoms with Gasteiger partial charge in [0, 0.05) is 21.7 Å². The molecule has 3 rings (SSSR count). The summed E-state index contributed by atoms with van der Waals surface area (Å²) in [6.07, 6.45) is 3.27. The number of nitrogens with zero attached hydrogens (tertiary/aromatic N) is 1. The smallest absolute Gasteiger partial charge is 0.329 e. The quantitative estimate of drug-likeness (QED) is 0.439. The van der Waals surface area contributed by atoms with Gasteiger partial charge >= 0.3 is 11.8 Å². The van der Waals surface area contributed by atoms with Crippen LogP contribution in [0, 0.1) is 0 Å². The number of rotatable bonds is 6. The van der Waals surface area contributed by atoms with Crippen molar-refractivity contribution in [2.24, 2.45) is 5.10 Å². The lowest BCUT2D eigenvalue weighted by Crippen LogP contribution is -2.38. The van der Waals surface area contributed by atoms with Crippen LogP contribution >= 0.6 is 23.2 Å². The van der Waals surface area contributed by atoms with Crippen molar-refractivity contribution in [2.75, 3.05) is 0 Å². The Morgan fingerprint density at radius 2 is 1.74 bits per heavy atom. The van der Waals surface area contributed by atoms with Crippen molar-refractivity contribution >= 4 is 41.2 Å². The van der Waals surface area contributed by atoms with Gasteiger partial charge in [0.2, 0.25) is 0 Å². The van der Waals surface area contributed by atoms with Crippen LogP contribution in [0.15, 0.2) is 47.6 Å². The van der Waals surface area contributed by atoms with Crippen LogP contribution in [0.4, 0.5) is 0 Å². The standard InChI is InChI=1S/C19H17Cl2N3O3/c20-16-2-1-3-17(21)15(16)11-27-14-8-4-12(5-9-14)10-22-24-19(26)18(25)23-13-6-7-13/h1-5,8-10,13H,6-7,11H2,(H,23,25)(H,24,26)/b22-10-. The summed E-state index contributed by atoms with van der Waals surface area (Å²) in [6.45, 7) is 0.248. The maximum atomic E-state index is 11.5. The lowest BCUT2D eigenvalue weighted by Gasteiger charge is -2.09. The summed E-state index contributed by atoms with van der Waals surface area (Å²) in [5, 5.41) is 7.46. The third-order valence-electron chi connectivity index (χ3n) is 3.82. The van der Waals surface area contributed by atoms with Gasteiger partial charge in [0.15, 0.2) is 0 Å². The van der Waals surface area contributed by atoms with E-state index in [0.717, 1.165) is 24.0 Å². The van der Waals surface area contributed by atoms with Gasteiger partial charge in [0.1, 0.15) is 12.4 Å². The van der Waals surface area contributed by atoms with Gasteiger partial charge < -0.3 is 10.1 Å². The van der Waals surface area contributed by atoms with Crippen LogP contribution in [0.1, 0.15) is 24.0 Å². The van der Waals surface area contributed by atoms with E-state index in [2.05, 4.69) is 15.8 Å². The summed E-state index contributed by atoms with van der Waals surface area (Å²) in [5.74, 6) is -0.817. The maximum absolute atomic E-state index is 11.5. The Labute approximate surface area is 166 Å². The molecule has 8 heteroatoms. The van der Waals surface area contributed by atoms with E-state index in [-0.39, 0.29) is 12.6 Å². The zero-order valence-electron chi connectivity index (χ0n) is 14.2. The van der Waals surface area contributed by atoms with E-state index in [4.69, 9.17) is 27.9 Å². The molecule has 2 amide bonds. The molecule has 0 heterocycles. The molecule has 6 nitrogen and oxygen atoms in total. The van der Waals surface area contributed by atoms with Gasteiger partial charge in [-0.3, -0.25) is 9.59 Å². The van der Waals surface area contributed by atoms with Crippen LogP contribution in [0.3, 0.4) is 0 Å². The van der Waals surface area contributed by atoms with E-state index >= 15 is 0 Å². The van der Waals surface area contributed by atoms with Crippen LogP contribution in [0.2, 0.25) is 10.0 Å². The minimum Gasteiger partial charge on any atom is -0.489 e. The number of halogens is 2. The largest absolute Gasteiger partial charge is 0.489 e. The first-order chi connectivity index (χ1) is 13.0. The molecule has 0 saturated heterocycles. The fourth-order valence-electron chi connectivity index (χ4n) is 2.17.